The van der Waals surface area contributed by atoms with Crippen LogP contribution in [0.2, 0.25) is 0 Å². The molecule has 86 valence electrons. The van der Waals surface area contributed by atoms with Crippen molar-refractivity contribution in [3.05, 3.63) is 24.2 Å². The van der Waals surface area contributed by atoms with Gasteiger partial charge in [0.25, 0.3) is 0 Å². The van der Waals surface area contributed by atoms with Gasteiger partial charge in [-0.2, -0.15) is 0 Å². The maximum Gasteiger partial charge on any atom is 0.103 e. The fourth-order valence-corrected chi connectivity index (χ4v) is 1.44. The van der Waals surface area contributed by atoms with Gasteiger partial charge in [-0.3, -0.25) is 0 Å². The van der Waals surface area contributed by atoms with E-state index in [0.29, 0.717) is 6.04 Å². The van der Waals surface area contributed by atoms with Crippen molar-refractivity contribution in [2.45, 2.75) is 32.7 Å². The normalized spacial score (nSPS) is 12.9. The second-order valence-corrected chi connectivity index (χ2v) is 3.67. The first-order valence-electron chi connectivity index (χ1n) is 5.66. The number of hydrogen-bond acceptors (Lipinski definition) is 3. The minimum Gasteiger partial charge on any atom is -0.469 e. The van der Waals surface area contributed by atoms with Crippen LogP contribution < -0.4 is 5.32 Å². The summed E-state index contributed by atoms with van der Waals surface area (Å²) < 4.78 is 10.5. The molecule has 1 unspecified atom stereocenters. The third kappa shape index (κ3) is 5.60. The smallest absolute Gasteiger partial charge is 0.103 e. The lowest BCUT2D eigenvalue weighted by molar-refractivity contribution is 0.147. The van der Waals surface area contributed by atoms with Crippen LogP contribution in [0.15, 0.2) is 22.8 Å². The number of furan rings is 1. The monoisotopic (exact) mass is 211 g/mol. The Kier molecular flexibility index (Phi) is 6.12. The zero-order valence-electron chi connectivity index (χ0n) is 9.66. The Morgan fingerprint density at radius 2 is 2.40 bits per heavy atom. The highest BCUT2D eigenvalue weighted by Gasteiger charge is 2.02. The second kappa shape index (κ2) is 7.49. The Hall–Kier alpha value is -0.800. The van der Waals surface area contributed by atoms with Gasteiger partial charge in [0.15, 0.2) is 0 Å². The SMILES string of the molecule is CCOCCNC(C)CCc1ccco1. The molecule has 1 rings (SSSR count). The zero-order valence-corrected chi connectivity index (χ0v) is 9.66. The highest BCUT2D eigenvalue weighted by molar-refractivity contribution is 4.98. The molecule has 0 radical (unpaired) electrons. The van der Waals surface area contributed by atoms with Crippen LogP contribution >= 0.6 is 0 Å². The van der Waals surface area contributed by atoms with Crippen molar-refractivity contribution in [2.24, 2.45) is 0 Å². The molecule has 3 heteroatoms. The van der Waals surface area contributed by atoms with Crippen molar-refractivity contribution in [2.75, 3.05) is 19.8 Å². The van der Waals surface area contributed by atoms with E-state index in [4.69, 9.17) is 9.15 Å². The number of hydrogen-bond donors (Lipinski definition) is 1. The molecule has 0 saturated heterocycles. The lowest BCUT2D eigenvalue weighted by Gasteiger charge is -2.12. The average molecular weight is 211 g/mol. The van der Waals surface area contributed by atoms with Crippen molar-refractivity contribution < 1.29 is 9.15 Å². The second-order valence-electron chi connectivity index (χ2n) is 3.67. The Labute approximate surface area is 91.8 Å². The molecule has 1 N–H and O–H groups in total. The van der Waals surface area contributed by atoms with Crippen LogP contribution in [0.4, 0.5) is 0 Å². The standard InChI is InChI=1S/C12H21NO2/c1-3-14-10-8-13-11(2)6-7-12-5-4-9-15-12/h4-5,9,11,13H,3,6-8,10H2,1-2H3. The van der Waals surface area contributed by atoms with Gasteiger partial charge in [-0.05, 0) is 32.4 Å². The van der Waals surface area contributed by atoms with E-state index in [1.807, 2.05) is 19.1 Å². The third-order valence-electron chi connectivity index (χ3n) is 2.35. The van der Waals surface area contributed by atoms with Gasteiger partial charge in [0.05, 0.1) is 12.9 Å². The van der Waals surface area contributed by atoms with E-state index < -0.39 is 0 Å². The molecule has 3 nitrogen and oxygen atoms in total. The van der Waals surface area contributed by atoms with E-state index in [1.54, 1.807) is 6.26 Å². The topological polar surface area (TPSA) is 34.4 Å². The van der Waals surface area contributed by atoms with Crippen LogP contribution in [0, 0.1) is 0 Å². The minimum atomic E-state index is 0.510. The van der Waals surface area contributed by atoms with Crippen molar-refractivity contribution in [1.82, 2.24) is 5.32 Å². The van der Waals surface area contributed by atoms with Crippen LogP contribution in [0.5, 0.6) is 0 Å². The average Bonchev–Trinajstić information content (AvgIpc) is 2.74. The summed E-state index contributed by atoms with van der Waals surface area (Å²) in [6, 6.07) is 4.46. The van der Waals surface area contributed by atoms with Crippen LogP contribution in [0.25, 0.3) is 0 Å². The minimum absolute atomic E-state index is 0.510. The van der Waals surface area contributed by atoms with Gasteiger partial charge in [0.2, 0.25) is 0 Å². The molecule has 0 aliphatic heterocycles. The molecule has 0 aliphatic rings. The Balaban J connectivity index is 2.01. The summed E-state index contributed by atoms with van der Waals surface area (Å²) in [5, 5.41) is 3.41. The number of rotatable bonds is 8. The first-order chi connectivity index (χ1) is 7.33. The third-order valence-corrected chi connectivity index (χ3v) is 2.35. The molecular weight excluding hydrogens is 190 g/mol. The lowest BCUT2D eigenvalue weighted by Crippen LogP contribution is -2.29. The number of aryl methyl sites for hydroxylation is 1. The molecule has 0 aromatic carbocycles. The van der Waals surface area contributed by atoms with Crippen LogP contribution in [0.1, 0.15) is 26.0 Å². The maximum absolute atomic E-state index is 5.27. The summed E-state index contributed by atoms with van der Waals surface area (Å²) in [5.41, 5.74) is 0. The molecule has 0 spiro atoms. The van der Waals surface area contributed by atoms with Crippen LogP contribution in [0.3, 0.4) is 0 Å². The molecule has 1 aromatic rings. The van der Waals surface area contributed by atoms with E-state index in [1.165, 1.54) is 0 Å². The molecule has 0 amide bonds. The van der Waals surface area contributed by atoms with Gasteiger partial charge < -0.3 is 14.5 Å². The highest BCUT2D eigenvalue weighted by Crippen LogP contribution is 2.05. The van der Waals surface area contributed by atoms with Gasteiger partial charge in [0.1, 0.15) is 5.76 Å². The predicted octanol–water partition coefficient (Wildman–Crippen LogP) is 2.23. The van der Waals surface area contributed by atoms with Crippen molar-refractivity contribution >= 4 is 0 Å². The van der Waals surface area contributed by atoms with Gasteiger partial charge in [-0.15, -0.1) is 0 Å². The fraction of sp³-hybridized carbons (Fsp3) is 0.667. The molecule has 1 aromatic heterocycles. The highest BCUT2D eigenvalue weighted by atomic mass is 16.5. The van der Waals surface area contributed by atoms with Gasteiger partial charge >= 0.3 is 0 Å². The van der Waals surface area contributed by atoms with Crippen molar-refractivity contribution in [1.29, 1.82) is 0 Å². The Bertz CT molecular complexity index is 234. The van der Waals surface area contributed by atoms with E-state index in [2.05, 4.69) is 12.2 Å². The molecule has 0 saturated carbocycles. The summed E-state index contributed by atoms with van der Waals surface area (Å²) in [5.74, 6) is 1.06. The maximum atomic E-state index is 5.27. The van der Waals surface area contributed by atoms with Gasteiger partial charge in [0, 0.05) is 25.6 Å². The van der Waals surface area contributed by atoms with E-state index >= 15 is 0 Å². The van der Waals surface area contributed by atoms with E-state index in [9.17, 15) is 0 Å². The van der Waals surface area contributed by atoms with Crippen LogP contribution in [-0.2, 0) is 11.2 Å². The zero-order chi connectivity index (χ0) is 10.9. The molecule has 1 atom stereocenters. The molecule has 0 fully saturated rings. The Morgan fingerprint density at radius 1 is 1.53 bits per heavy atom. The van der Waals surface area contributed by atoms with E-state index in [0.717, 1.165) is 38.4 Å². The summed E-state index contributed by atoms with van der Waals surface area (Å²) in [6.07, 6.45) is 3.82. The molecule has 0 aliphatic carbocycles. The fourth-order valence-electron chi connectivity index (χ4n) is 1.44. The molecule has 15 heavy (non-hydrogen) atoms. The largest absolute Gasteiger partial charge is 0.469 e. The van der Waals surface area contributed by atoms with E-state index in [-0.39, 0.29) is 0 Å². The lowest BCUT2D eigenvalue weighted by atomic mass is 10.1. The molecule has 1 heterocycles. The van der Waals surface area contributed by atoms with Crippen LogP contribution in [-0.4, -0.2) is 25.8 Å². The van der Waals surface area contributed by atoms with Gasteiger partial charge in [-0.25, -0.2) is 0 Å². The first kappa shape index (κ1) is 12.3. The molecular formula is C12H21NO2. The first-order valence-corrected chi connectivity index (χ1v) is 5.66. The van der Waals surface area contributed by atoms with Gasteiger partial charge in [-0.1, -0.05) is 0 Å². The quantitative estimate of drug-likeness (QED) is 0.670. The summed E-state index contributed by atoms with van der Waals surface area (Å²) in [7, 11) is 0. The predicted molar refractivity (Wildman–Crippen MR) is 61.0 cm³/mol. The Morgan fingerprint density at radius 3 is 3.07 bits per heavy atom. The summed E-state index contributed by atoms with van der Waals surface area (Å²) in [4.78, 5) is 0. The summed E-state index contributed by atoms with van der Waals surface area (Å²) >= 11 is 0. The molecule has 0 bridgehead atoms. The number of ether oxygens (including phenoxy) is 1. The van der Waals surface area contributed by atoms with Crippen molar-refractivity contribution in [3.63, 3.8) is 0 Å². The summed E-state index contributed by atoms with van der Waals surface area (Å²) in [6.45, 7) is 6.71. The van der Waals surface area contributed by atoms with Crippen molar-refractivity contribution in [3.8, 4) is 0 Å². The number of nitrogens with one attached hydrogen (secondary N) is 1.